The zero-order valence-electron chi connectivity index (χ0n) is 10.0. The van der Waals surface area contributed by atoms with Crippen LogP contribution in [0.25, 0.3) is 0 Å². The van der Waals surface area contributed by atoms with Gasteiger partial charge < -0.3 is 15.2 Å². The van der Waals surface area contributed by atoms with Crippen molar-refractivity contribution >= 4 is 5.97 Å². The summed E-state index contributed by atoms with van der Waals surface area (Å²) >= 11 is 0. The first kappa shape index (κ1) is 14.4. The molecule has 1 unspecified atom stereocenters. The molecule has 0 aliphatic carbocycles. The molecule has 15 heavy (non-hydrogen) atoms. The summed E-state index contributed by atoms with van der Waals surface area (Å²) in [6.45, 7) is 6.79. The molecule has 1 atom stereocenters. The monoisotopic (exact) mass is 217 g/mol. The number of nitrogens with two attached hydrogens (primary N) is 1. The highest BCUT2D eigenvalue weighted by Gasteiger charge is 2.16. The van der Waals surface area contributed by atoms with Crippen LogP contribution in [0.3, 0.4) is 0 Å². The highest BCUT2D eigenvalue weighted by molar-refractivity contribution is 5.70. The number of carbonyl (C=O) groups is 1. The van der Waals surface area contributed by atoms with Crippen LogP contribution in [-0.2, 0) is 14.3 Å². The number of ether oxygens (including phenoxy) is 2. The minimum Gasteiger partial charge on any atom is -0.464 e. The first-order valence-corrected chi connectivity index (χ1v) is 5.54. The largest absolute Gasteiger partial charge is 0.464 e. The molecule has 90 valence electrons. The summed E-state index contributed by atoms with van der Waals surface area (Å²) in [6.07, 6.45) is 2.73. The van der Waals surface area contributed by atoms with Crippen LogP contribution in [0.1, 0.15) is 40.0 Å². The second-order valence-electron chi connectivity index (χ2n) is 4.07. The number of carbonyl (C=O) groups excluding carboxylic acids is 1. The molecule has 0 aliphatic rings. The molecule has 4 heteroatoms. The van der Waals surface area contributed by atoms with Gasteiger partial charge in [-0.05, 0) is 19.8 Å². The summed E-state index contributed by atoms with van der Waals surface area (Å²) in [5, 5.41) is 0. The maximum absolute atomic E-state index is 11.1. The van der Waals surface area contributed by atoms with Crippen LogP contribution in [0.15, 0.2) is 0 Å². The highest BCUT2D eigenvalue weighted by Crippen LogP contribution is 2.04. The molecule has 0 saturated heterocycles. The van der Waals surface area contributed by atoms with Crippen LogP contribution in [0, 0.1) is 0 Å². The van der Waals surface area contributed by atoms with Gasteiger partial charge in [0.1, 0.15) is 6.61 Å². The molecular weight excluding hydrogens is 194 g/mol. The number of hydrogen-bond donors (Lipinski definition) is 1. The van der Waals surface area contributed by atoms with E-state index >= 15 is 0 Å². The minimum absolute atomic E-state index is 0.00347. The van der Waals surface area contributed by atoms with Crippen LogP contribution in [0.4, 0.5) is 0 Å². The first-order chi connectivity index (χ1) is 7.02. The molecule has 0 aromatic heterocycles. The molecule has 0 bridgehead atoms. The average molecular weight is 217 g/mol. The van der Waals surface area contributed by atoms with Gasteiger partial charge in [0.2, 0.25) is 0 Å². The van der Waals surface area contributed by atoms with Crippen LogP contribution in [0.2, 0.25) is 0 Å². The smallest absolute Gasteiger partial charge is 0.332 e. The Kier molecular flexibility index (Phi) is 7.34. The van der Waals surface area contributed by atoms with Gasteiger partial charge in [0.25, 0.3) is 0 Å². The van der Waals surface area contributed by atoms with Gasteiger partial charge >= 0.3 is 5.97 Å². The van der Waals surface area contributed by atoms with Crippen molar-refractivity contribution in [2.45, 2.75) is 45.6 Å². The lowest BCUT2D eigenvalue weighted by Crippen LogP contribution is -2.41. The summed E-state index contributed by atoms with van der Waals surface area (Å²) in [4.78, 5) is 11.1. The number of esters is 1. The maximum atomic E-state index is 11.1. The van der Waals surface area contributed by atoms with Gasteiger partial charge in [0.15, 0.2) is 0 Å². The Morgan fingerprint density at radius 3 is 2.60 bits per heavy atom. The maximum Gasteiger partial charge on any atom is 0.332 e. The predicted molar refractivity (Wildman–Crippen MR) is 59.6 cm³/mol. The van der Waals surface area contributed by atoms with E-state index < -0.39 is 0 Å². The third-order valence-corrected chi connectivity index (χ3v) is 2.22. The van der Waals surface area contributed by atoms with E-state index in [0.29, 0.717) is 13.2 Å². The van der Waals surface area contributed by atoms with E-state index in [0.717, 1.165) is 19.3 Å². The summed E-state index contributed by atoms with van der Waals surface area (Å²) in [5.74, 6) is -0.310. The SMILES string of the molecule is CCCCOC(=O)COCC(C)(N)CC. The lowest BCUT2D eigenvalue weighted by Gasteiger charge is -2.21. The van der Waals surface area contributed by atoms with Gasteiger partial charge in [-0.1, -0.05) is 20.3 Å². The Morgan fingerprint density at radius 1 is 1.40 bits per heavy atom. The molecule has 0 heterocycles. The molecule has 0 saturated carbocycles. The van der Waals surface area contributed by atoms with E-state index in [-0.39, 0.29) is 18.1 Å². The summed E-state index contributed by atoms with van der Waals surface area (Å²) in [7, 11) is 0. The second-order valence-corrected chi connectivity index (χ2v) is 4.07. The fraction of sp³-hybridized carbons (Fsp3) is 0.909. The molecule has 0 rings (SSSR count). The lowest BCUT2D eigenvalue weighted by atomic mass is 10.0. The second kappa shape index (κ2) is 7.65. The van der Waals surface area contributed by atoms with Crippen LogP contribution >= 0.6 is 0 Å². The Labute approximate surface area is 92.1 Å². The summed E-state index contributed by atoms with van der Waals surface area (Å²) in [5.41, 5.74) is 5.49. The number of rotatable bonds is 8. The van der Waals surface area contributed by atoms with Gasteiger partial charge in [0, 0.05) is 5.54 Å². The van der Waals surface area contributed by atoms with Crippen molar-refractivity contribution in [1.82, 2.24) is 0 Å². The molecule has 2 N–H and O–H groups in total. The average Bonchev–Trinajstić information content (AvgIpc) is 2.18. The van der Waals surface area contributed by atoms with Crippen LogP contribution < -0.4 is 5.73 Å². The Hall–Kier alpha value is -0.610. The van der Waals surface area contributed by atoms with Crippen LogP contribution in [0.5, 0.6) is 0 Å². The summed E-state index contributed by atoms with van der Waals surface area (Å²) < 4.78 is 10.1. The fourth-order valence-electron chi connectivity index (χ4n) is 0.842. The molecular formula is C11H23NO3. The van der Waals surface area contributed by atoms with Crippen LogP contribution in [-0.4, -0.2) is 31.3 Å². The number of unbranched alkanes of at least 4 members (excludes halogenated alkanes) is 1. The molecule has 0 fully saturated rings. The third-order valence-electron chi connectivity index (χ3n) is 2.22. The standard InChI is InChI=1S/C11H23NO3/c1-4-6-7-15-10(13)8-14-9-11(3,12)5-2/h4-9,12H2,1-3H3. The molecule has 0 spiro atoms. The van der Waals surface area contributed by atoms with E-state index in [9.17, 15) is 4.79 Å². The first-order valence-electron chi connectivity index (χ1n) is 5.54. The van der Waals surface area contributed by atoms with Crippen molar-refractivity contribution < 1.29 is 14.3 Å². The Balaban J connectivity index is 3.46. The van der Waals surface area contributed by atoms with Crippen molar-refractivity contribution in [1.29, 1.82) is 0 Å². The minimum atomic E-state index is -0.357. The van der Waals surface area contributed by atoms with Gasteiger partial charge in [-0.25, -0.2) is 4.79 Å². The third kappa shape index (κ3) is 8.39. The predicted octanol–water partition coefficient (Wildman–Crippen LogP) is 1.47. The highest BCUT2D eigenvalue weighted by atomic mass is 16.6. The molecule has 0 amide bonds. The molecule has 0 aliphatic heterocycles. The van der Waals surface area contributed by atoms with Crippen molar-refractivity contribution in [2.24, 2.45) is 5.73 Å². The van der Waals surface area contributed by atoms with E-state index in [4.69, 9.17) is 15.2 Å². The van der Waals surface area contributed by atoms with Crippen molar-refractivity contribution in [3.8, 4) is 0 Å². The van der Waals surface area contributed by atoms with E-state index in [1.165, 1.54) is 0 Å². The Bertz CT molecular complexity index is 181. The van der Waals surface area contributed by atoms with E-state index in [1.54, 1.807) is 0 Å². The molecule has 0 radical (unpaired) electrons. The lowest BCUT2D eigenvalue weighted by molar-refractivity contribution is -0.149. The van der Waals surface area contributed by atoms with Gasteiger partial charge in [-0.15, -0.1) is 0 Å². The van der Waals surface area contributed by atoms with E-state index in [2.05, 4.69) is 0 Å². The zero-order valence-corrected chi connectivity index (χ0v) is 10.0. The normalized spacial score (nSPS) is 14.7. The van der Waals surface area contributed by atoms with Gasteiger partial charge in [-0.2, -0.15) is 0 Å². The fourth-order valence-corrected chi connectivity index (χ4v) is 0.842. The Morgan fingerprint density at radius 2 is 2.07 bits per heavy atom. The molecule has 0 aromatic rings. The van der Waals surface area contributed by atoms with E-state index in [1.807, 2.05) is 20.8 Å². The van der Waals surface area contributed by atoms with Crippen molar-refractivity contribution in [3.05, 3.63) is 0 Å². The zero-order chi connectivity index (χ0) is 11.7. The topological polar surface area (TPSA) is 61.5 Å². The van der Waals surface area contributed by atoms with Gasteiger partial charge in [0.05, 0.1) is 13.2 Å². The van der Waals surface area contributed by atoms with Gasteiger partial charge in [-0.3, -0.25) is 0 Å². The van der Waals surface area contributed by atoms with Crippen molar-refractivity contribution in [2.75, 3.05) is 19.8 Å². The molecule has 4 nitrogen and oxygen atoms in total. The summed E-state index contributed by atoms with van der Waals surface area (Å²) in [6, 6.07) is 0. The number of hydrogen-bond acceptors (Lipinski definition) is 4. The molecule has 0 aromatic carbocycles. The van der Waals surface area contributed by atoms with Crippen molar-refractivity contribution in [3.63, 3.8) is 0 Å². The quantitative estimate of drug-likeness (QED) is 0.494.